The monoisotopic (exact) mass is 281 g/mol. The normalized spacial score (nSPS) is 11.8. The van der Waals surface area contributed by atoms with Crippen LogP contribution in [0, 0.1) is 10.1 Å². The van der Waals surface area contributed by atoms with E-state index in [0.717, 1.165) is 12.8 Å². The van der Waals surface area contributed by atoms with Gasteiger partial charge in [-0.3, -0.25) is 14.9 Å². The van der Waals surface area contributed by atoms with Gasteiger partial charge in [-0.2, -0.15) is 0 Å². The van der Waals surface area contributed by atoms with Gasteiger partial charge >= 0.3 is 5.69 Å². The number of amides is 1. The van der Waals surface area contributed by atoms with Gasteiger partial charge in [-0.05, 0) is 18.6 Å². The van der Waals surface area contributed by atoms with Crippen LogP contribution < -0.4 is 15.8 Å². The average Bonchev–Trinajstić information content (AvgIpc) is 2.44. The van der Waals surface area contributed by atoms with Gasteiger partial charge < -0.3 is 15.8 Å². The summed E-state index contributed by atoms with van der Waals surface area (Å²) in [5, 5.41) is 13.5. The summed E-state index contributed by atoms with van der Waals surface area (Å²) in [6.07, 6.45) is 2.40. The fourth-order valence-electron chi connectivity index (χ4n) is 1.70. The number of rotatable bonds is 7. The summed E-state index contributed by atoms with van der Waals surface area (Å²) in [4.78, 5) is 22.1. The Hall–Kier alpha value is -2.15. The number of carbonyl (C=O) groups is 1. The van der Waals surface area contributed by atoms with Gasteiger partial charge in [0.25, 0.3) is 0 Å². The number of anilines is 1. The maximum atomic E-state index is 11.8. The van der Waals surface area contributed by atoms with Crippen molar-refractivity contribution in [2.45, 2.75) is 32.2 Å². The molecule has 20 heavy (non-hydrogen) atoms. The number of nitro groups is 1. The molecule has 1 rings (SSSR count). The number of nitro benzene ring substituents is 1. The Morgan fingerprint density at radius 3 is 2.80 bits per heavy atom. The molecule has 1 amide bonds. The van der Waals surface area contributed by atoms with Gasteiger partial charge in [-0.15, -0.1) is 0 Å². The minimum absolute atomic E-state index is 0.142. The SMILES string of the molecule is CCCC[C@H](N)C(=O)Nc1ccc(OC)c([N+](=O)[O-])c1. The van der Waals surface area contributed by atoms with Crippen molar-refractivity contribution in [1.29, 1.82) is 0 Å². The zero-order valence-corrected chi connectivity index (χ0v) is 11.6. The average molecular weight is 281 g/mol. The van der Waals surface area contributed by atoms with Crippen molar-refractivity contribution in [2.75, 3.05) is 12.4 Å². The Morgan fingerprint density at radius 1 is 1.55 bits per heavy atom. The second kappa shape index (κ2) is 7.44. The van der Waals surface area contributed by atoms with Crippen LogP contribution in [0.1, 0.15) is 26.2 Å². The fourth-order valence-corrected chi connectivity index (χ4v) is 1.70. The van der Waals surface area contributed by atoms with Crippen molar-refractivity contribution < 1.29 is 14.5 Å². The predicted molar refractivity (Wildman–Crippen MR) is 75.8 cm³/mol. The number of hydrogen-bond acceptors (Lipinski definition) is 5. The lowest BCUT2D eigenvalue weighted by Gasteiger charge is -2.12. The maximum Gasteiger partial charge on any atom is 0.312 e. The standard InChI is InChI=1S/C13H19N3O4/c1-3-4-5-10(14)13(17)15-9-6-7-12(20-2)11(8-9)16(18)19/h6-8,10H,3-5,14H2,1-2H3,(H,15,17)/t10-/m0/s1. The summed E-state index contributed by atoms with van der Waals surface area (Å²) in [7, 11) is 1.35. The number of unbranched alkanes of at least 4 members (excludes halogenated alkanes) is 1. The van der Waals surface area contributed by atoms with Crippen LogP contribution in [0.15, 0.2) is 18.2 Å². The molecular weight excluding hydrogens is 262 g/mol. The first kappa shape index (κ1) is 15.9. The molecule has 1 atom stereocenters. The van der Waals surface area contributed by atoms with Crippen molar-refractivity contribution in [3.8, 4) is 5.75 Å². The molecule has 0 heterocycles. The highest BCUT2D eigenvalue weighted by Gasteiger charge is 2.18. The van der Waals surface area contributed by atoms with E-state index >= 15 is 0 Å². The van der Waals surface area contributed by atoms with Crippen molar-refractivity contribution in [3.05, 3.63) is 28.3 Å². The van der Waals surface area contributed by atoms with E-state index in [0.29, 0.717) is 12.1 Å². The first-order valence-electron chi connectivity index (χ1n) is 6.38. The molecule has 0 radical (unpaired) electrons. The molecule has 110 valence electrons. The number of carbonyl (C=O) groups excluding carboxylic acids is 1. The number of ether oxygens (including phenoxy) is 1. The molecule has 0 saturated heterocycles. The van der Waals surface area contributed by atoms with Gasteiger partial charge in [0.2, 0.25) is 5.91 Å². The molecule has 0 aromatic heterocycles. The topological polar surface area (TPSA) is 107 Å². The fraction of sp³-hybridized carbons (Fsp3) is 0.462. The van der Waals surface area contributed by atoms with Gasteiger partial charge in [-0.1, -0.05) is 19.8 Å². The third kappa shape index (κ3) is 4.20. The van der Waals surface area contributed by atoms with Crippen molar-refractivity contribution in [2.24, 2.45) is 5.73 Å². The van der Waals surface area contributed by atoms with Crippen LogP contribution in [-0.4, -0.2) is 24.0 Å². The molecule has 0 fully saturated rings. The lowest BCUT2D eigenvalue weighted by atomic mass is 10.1. The van der Waals surface area contributed by atoms with E-state index in [1.807, 2.05) is 6.92 Å². The Bertz CT molecular complexity index is 491. The quantitative estimate of drug-likeness (QED) is 0.587. The van der Waals surface area contributed by atoms with E-state index in [1.54, 1.807) is 0 Å². The Labute approximate surface area is 117 Å². The van der Waals surface area contributed by atoms with E-state index in [1.165, 1.54) is 25.3 Å². The summed E-state index contributed by atoms with van der Waals surface area (Å²) in [5.41, 5.74) is 5.86. The molecule has 7 heteroatoms. The van der Waals surface area contributed by atoms with Crippen LogP contribution in [0.3, 0.4) is 0 Å². The van der Waals surface area contributed by atoms with Gasteiger partial charge in [0.15, 0.2) is 5.75 Å². The zero-order valence-electron chi connectivity index (χ0n) is 11.6. The van der Waals surface area contributed by atoms with Gasteiger partial charge in [-0.25, -0.2) is 0 Å². The molecule has 0 spiro atoms. The number of nitrogens with two attached hydrogens (primary N) is 1. The largest absolute Gasteiger partial charge is 0.490 e. The number of nitrogens with zero attached hydrogens (tertiary/aromatic N) is 1. The highest BCUT2D eigenvalue weighted by atomic mass is 16.6. The first-order chi connectivity index (χ1) is 9.49. The van der Waals surface area contributed by atoms with Crippen molar-refractivity contribution >= 4 is 17.3 Å². The smallest absolute Gasteiger partial charge is 0.312 e. The molecule has 1 aromatic rings. The highest BCUT2D eigenvalue weighted by Crippen LogP contribution is 2.29. The third-order valence-corrected chi connectivity index (χ3v) is 2.85. The van der Waals surface area contributed by atoms with E-state index in [4.69, 9.17) is 10.5 Å². The predicted octanol–water partition coefficient (Wildman–Crippen LogP) is 2.06. The molecule has 0 aliphatic rings. The lowest BCUT2D eigenvalue weighted by molar-refractivity contribution is -0.385. The second-order valence-electron chi connectivity index (χ2n) is 4.38. The molecule has 0 unspecified atom stereocenters. The lowest BCUT2D eigenvalue weighted by Crippen LogP contribution is -2.35. The summed E-state index contributed by atoms with van der Waals surface area (Å²) in [5.74, 6) is -0.207. The molecule has 0 aliphatic heterocycles. The summed E-state index contributed by atoms with van der Waals surface area (Å²) >= 11 is 0. The van der Waals surface area contributed by atoms with Crippen LogP contribution in [0.4, 0.5) is 11.4 Å². The molecule has 1 aromatic carbocycles. The Morgan fingerprint density at radius 2 is 2.25 bits per heavy atom. The number of hydrogen-bond donors (Lipinski definition) is 2. The minimum Gasteiger partial charge on any atom is -0.490 e. The Balaban J connectivity index is 2.80. The van der Waals surface area contributed by atoms with Crippen LogP contribution in [-0.2, 0) is 4.79 Å². The highest BCUT2D eigenvalue weighted by molar-refractivity contribution is 5.95. The minimum atomic E-state index is -0.615. The van der Waals surface area contributed by atoms with Crippen LogP contribution >= 0.6 is 0 Å². The Kier molecular flexibility index (Phi) is 5.92. The third-order valence-electron chi connectivity index (χ3n) is 2.85. The van der Waals surface area contributed by atoms with Crippen LogP contribution in [0.25, 0.3) is 0 Å². The summed E-state index contributed by atoms with van der Waals surface area (Å²) in [6.45, 7) is 2.01. The molecule has 0 aliphatic carbocycles. The number of benzene rings is 1. The number of nitrogens with one attached hydrogen (secondary N) is 1. The second-order valence-corrected chi connectivity index (χ2v) is 4.38. The van der Waals surface area contributed by atoms with E-state index < -0.39 is 11.0 Å². The van der Waals surface area contributed by atoms with Crippen molar-refractivity contribution in [3.63, 3.8) is 0 Å². The van der Waals surface area contributed by atoms with Crippen molar-refractivity contribution in [1.82, 2.24) is 0 Å². The van der Waals surface area contributed by atoms with Gasteiger partial charge in [0, 0.05) is 11.8 Å². The number of methoxy groups -OCH3 is 1. The summed E-state index contributed by atoms with van der Waals surface area (Å²) in [6, 6.07) is 3.61. The van der Waals surface area contributed by atoms with E-state index in [2.05, 4.69) is 5.32 Å². The maximum absolute atomic E-state index is 11.8. The molecule has 0 bridgehead atoms. The molecule has 7 nitrogen and oxygen atoms in total. The first-order valence-corrected chi connectivity index (χ1v) is 6.38. The van der Waals surface area contributed by atoms with E-state index in [-0.39, 0.29) is 17.3 Å². The molecule has 3 N–H and O–H groups in total. The van der Waals surface area contributed by atoms with Gasteiger partial charge in [0.05, 0.1) is 18.1 Å². The van der Waals surface area contributed by atoms with Gasteiger partial charge in [0.1, 0.15) is 0 Å². The van der Waals surface area contributed by atoms with Crippen LogP contribution in [0.2, 0.25) is 0 Å². The molecular formula is C13H19N3O4. The van der Waals surface area contributed by atoms with E-state index in [9.17, 15) is 14.9 Å². The zero-order chi connectivity index (χ0) is 15.1. The van der Waals surface area contributed by atoms with Crippen LogP contribution in [0.5, 0.6) is 5.75 Å². The summed E-state index contributed by atoms with van der Waals surface area (Å²) < 4.78 is 4.89. The molecule has 0 saturated carbocycles.